The van der Waals surface area contributed by atoms with Crippen LogP contribution in [0.1, 0.15) is 31.7 Å². The molecule has 68 valence electrons. The Hall–Kier alpha value is 1.29. The minimum absolute atomic E-state index is 0. The van der Waals surface area contributed by atoms with Gasteiger partial charge in [0.1, 0.15) is 0 Å². The van der Waals surface area contributed by atoms with Crippen molar-refractivity contribution in [2.45, 2.75) is 26.7 Å². The van der Waals surface area contributed by atoms with Gasteiger partial charge in [-0.05, 0) is 0 Å². The van der Waals surface area contributed by atoms with Crippen LogP contribution < -0.4 is 0 Å². The molecule has 2 nitrogen and oxygen atoms in total. The van der Waals surface area contributed by atoms with Crippen molar-refractivity contribution < 1.29 is 65.4 Å². The van der Waals surface area contributed by atoms with Crippen LogP contribution in [0.25, 0.3) is 0 Å². The van der Waals surface area contributed by atoms with Crippen molar-refractivity contribution in [2.24, 2.45) is 0 Å². The van der Waals surface area contributed by atoms with Crippen LogP contribution in [0.2, 0.25) is 0 Å². The van der Waals surface area contributed by atoms with Crippen LogP contribution in [0.4, 0.5) is 0 Å². The second-order valence-corrected chi connectivity index (χ2v) is 2.20. The second kappa shape index (κ2) is 9.83. The monoisotopic (exact) mass is 328 g/mol. The predicted octanol–water partition coefficient (Wildman–Crippen LogP) is 2.13. The Kier molecular flexibility index (Phi) is 12.6. The summed E-state index contributed by atoms with van der Waals surface area (Å²) in [5, 5.41) is 0. The van der Waals surface area contributed by atoms with Gasteiger partial charge in [-0.15, -0.1) is 11.4 Å². The fourth-order valence-corrected chi connectivity index (χ4v) is 1.09. The molecule has 0 unspecified atom stereocenters. The Morgan fingerprint density at radius 3 is 2.69 bits per heavy atom. The molecule has 0 saturated carbocycles. The summed E-state index contributed by atoms with van der Waals surface area (Å²) < 4.78 is 0. The van der Waals surface area contributed by atoms with Crippen LogP contribution in [-0.4, -0.2) is 9.97 Å². The molecule has 0 amide bonds. The molecule has 2 rings (SSSR count). The van der Waals surface area contributed by atoms with E-state index in [1.807, 2.05) is 13.8 Å². The topological polar surface area (TPSA) is 28.7 Å². The summed E-state index contributed by atoms with van der Waals surface area (Å²) in [6.07, 6.45) is 8.24. The van der Waals surface area contributed by atoms with Gasteiger partial charge in [-0.25, -0.2) is 19.3 Å². The van der Waals surface area contributed by atoms with Crippen LogP contribution in [-0.2, 0) is 71.8 Å². The maximum absolute atomic E-state index is 4.14. The average Bonchev–Trinajstić information content (AvgIpc) is 2.55. The van der Waals surface area contributed by atoms with E-state index in [2.05, 4.69) is 22.8 Å². The van der Waals surface area contributed by atoms with Crippen LogP contribution in [0.5, 0.6) is 0 Å². The zero-order valence-electron chi connectivity index (χ0n) is 8.25. The summed E-state index contributed by atoms with van der Waals surface area (Å²) in [4.78, 5) is 7.21. The number of nitrogens with one attached hydrogen (secondary N) is 1. The SMILES string of the molecule is CC.[Y].[Y].c1nc2c([nH]1)[CH-]C[CH-]C2. The number of H-pyrrole nitrogens is 1. The van der Waals surface area contributed by atoms with Crippen molar-refractivity contribution in [3.8, 4) is 0 Å². The molecule has 1 aromatic rings. The molecule has 0 spiro atoms. The van der Waals surface area contributed by atoms with Crippen molar-refractivity contribution >= 4 is 0 Å². The molecule has 13 heavy (non-hydrogen) atoms. The van der Waals surface area contributed by atoms with Crippen LogP contribution >= 0.6 is 0 Å². The van der Waals surface area contributed by atoms with Gasteiger partial charge in [-0.3, -0.25) is 0 Å². The number of imidazole rings is 1. The van der Waals surface area contributed by atoms with Crippen LogP contribution in [0.15, 0.2) is 6.33 Å². The Morgan fingerprint density at radius 1 is 1.38 bits per heavy atom. The van der Waals surface area contributed by atoms with Crippen molar-refractivity contribution in [1.82, 2.24) is 9.97 Å². The number of hydrogen-bond acceptors (Lipinski definition) is 1. The van der Waals surface area contributed by atoms with E-state index in [0.717, 1.165) is 12.8 Å². The largest absolute Gasteiger partial charge is 0.380 e. The number of fused-ring (bicyclic) bond motifs is 1. The summed E-state index contributed by atoms with van der Waals surface area (Å²) in [6, 6.07) is 0. The van der Waals surface area contributed by atoms with Gasteiger partial charge in [-0.2, -0.15) is 0 Å². The number of nitrogens with zero attached hydrogens (tertiary/aromatic N) is 1. The van der Waals surface area contributed by atoms with Crippen molar-refractivity contribution in [2.75, 3.05) is 0 Å². The molecule has 2 radical (unpaired) electrons. The normalized spacial score (nSPS) is 11.8. The molecule has 0 atom stereocenters. The third-order valence-corrected chi connectivity index (χ3v) is 1.58. The van der Waals surface area contributed by atoms with E-state index < -0.39 is 0 Å². The Balaban J connectivity index is 0. The zero-order chi connectivity index (χ0) is 8.10. The first kappa shape index (κ1) is 16.7. The molecule has 1 aromatic heterocycles. The summed E-state index contributed by atoms with van der Waals surface area (Å²) in [6.45, 7) is 4.00. The molecule has 0 fully saturated rings. The standard InChI is InChI=1S/C7H8N2.C2H6.2Y/c1-2-4-7-6(3-1)8-5-9-7;1-2;;/h1,4-5H,2-3H2,(H,8,9);1-2H3;;/q-2;;;. The van der Waals surface area contributed by atoms with Crippen LogP contribution in [0, 0.1) is 12.8 Å². The quantitative estimate of drug-likeness (QED) is 0.727. The Bertz CT molecular complexity index is 191. The van der Waals surface area contributed by atoms with Gasteiger partial charge in [0, 0.05) is 65.4 Å². The third kappa shape index (κ3) is 5.06. The van der Waals surface area contributed by atoms with E-state index in [0.29, 0.717) is 0 Å². The number of aromatic amines is 1. The van der Waals surface area contributed by atoms with Gasteiger partial charge in [-0.1, -0.05) is 13.8 Å². The van der Waals surface area contributed by atoms with Gasteiger partial charge in [0.05, 0.1) is 6.33 Å². The van der Waals surface area contributed by atoms with Gasteiger partial charge >= 0.3 is 0 Å². The van der Waals surface area contributed by atoms with Gasteiger partial charge < -0.3 is 16.4 Å². The summed E-state index contributed by atoms with van der Waals surface area (Å²) in [7, 11) is 0. The second-order valence-electron chi connectivity index (χ2n) is 2.20. The minimum atomic E-state index is 0. The first-order valence-corrected chi connectivity index (χ1v) is 4.14. The average molecular weight is 328 g/mol. The molecule has 1 heterocycles. The first-order valence-electron chi connectivity index (χ1n) is 4.14. The van der Waals surface area contributed by atoms with Crippen molar-refractivity contribution in [1.29, 1.82) is 0 Å². The molecule has 0 bridgehead atoms. The maximum atomic E-state index is 4.14. The smallest absolute Gasteiger partial charge is 0.0701 e. The number of aromatic nitrogens is 2. The number of rotatable bonds is 0. The van der Waals surface area contributed by atoms with Crippen LogP contribution in [0.3, 0.4) is 0 Å². The van der Waals surface area contributed by atoms with Gasteiger partial charge in [0.15, 0.2) is 0 Å². The van der Waals surface area contributed by atoms with E-state index >= 15 is 0 Å². The maximum Gasteiger partial charge on any atom is 0.0701 e. The van der Waals surface area contributed by atoms with Gasteiger partial charge in [0.25, 0.3) is 0 Å². The fourth-order valence-electron chi connectivity index (χ4n) is 1.09. The molecular weight excluding hydrogens is 314 g/mol. The van der Waals surface area contributed by atoms with E-state index in [-0.39, 0.29) is 65.4 Å². The van der Waals surface area contributed by atoms with E-state index in [1.165, 1.54) is 11.4 Å². The molecule has 4 heteroatoms. The zero-order valence-corrected chi connectivity index (χ0v) is 13.9. The Morgan fingerprint density at radius 2 is 2.08 bits per heavy atom. The van der Waals surface area contributed by atoms with Crippen molar-refractivity contribution in [3.63, 3.8) is 0 Å². The molecule has 1 N–H and O–H groups in total. The molecule has 1 aliphatic rings. The third-order valence-electron chi connectivity index (χ3n) is 1.58. The molecule has 0 aliphatic heterocycles. The number of hydrogen-bond donors (Lipinski definition) is 1. The molecular formula is C9H14N2Y2-2. The minimum Gasteiger partial charge on any atom is -0.380 e. The predicted molar refractivity (Wildman–Crippen MR) is 46.0 cm³/mol. The van der Waals surface area contributed by atoms with E-state index in [9.17, 15) is 0 Å². The molecule has 0 saturated heterocycles. The fraction of sp³-hybridized carbons (Fsp3) is 0.444. The first-order chi connectivity index (χ1) is 5.47. The summed E-state index contributed by atoms with van der Waals surface area (Å²) in [5.41, 5.74) is 2.39. The molecule has 1 aliphatic carbocycles. The summed E-state index contributed by atoms with van der Waals surface area (Å²) in [5.74, 6) is 0. The Labute approximate surface area is 131 Å². The van der Waals surface area contributed by atoms with Crippen molar-refractivity contribution in [3.05, 3.63) is 30.6 Å². The van der Waals surface area contributed by atoms with Gasteiger partial charge in [0.2, 0.25) is 0 Å². The van der Waals surface area contributed by atoms with E-state index in [4.69, 9.17) is 0 Å². The molecule has 0 aromatic carbocycles. The van der Waals surface area contributed by atoms with E-state index in [1.54, 1.807) is 6.33 Å². The summed E-state index contributed by atoms with van der Waals surface area (Å²) >= 11 is 0.